The number of hydrogen-bond donors (Lipinski definition) is 3. The van der Waals surface area contributed by atoms with E-state index in [9.17, 15) is 22.8 Å². The molecule has 1 aliphatic rings. The van der Waals surface area contributed by atoms with Crippen molar-refractivity contribution in [2.24, 2.45) is 24.1 Å². The molecule has 8 nitrogen and oxygen atoms in total. The highest BCUT2D eigenvalue weighted by molar-refractivity contribution is 7.20. The highest BCUT2D eigenvalue weighted by atomic mass is 35.5. The molecule has 228 valence electrons. The van der Waals surface area contributed by atoms with Gasteiger partial charge in [0.25, 0.3) is 11.8 Å². The first-order chi connectivity index (χ1) is 20.2. The number of rotatable bonds is 6. The third-order valence-electron chi connectivity index (χ3n) is 7.88. The van der Waals surface area contributed by atoms with E-state index in [1.165, 1.54) is 30.0 Å². The van der Waals surface area contributed by atoms with Crippen LogP contribution in [0.5, 0.6) is 0 Å². The van der Waals surface area contributed by atoms with Crippen LogP contribution in [-0.4, -0.2) is 33.1 Å². The van der Waals surface area contributed by atoms with Crippen molar-refractivity contribution >= 4 is 50.7 Å². The van der Waals surface area contributed by atoms with Gasteiger partial charge in [0, 0.05) is 30.4 Å². The number of carbonyl (C=O) groups excluding carboxylic acids is 2. The van der Waals surface area contributed by atoms with Crippen molar-refractivity contribution in [3.8, 4) is 0 Å². The zero-order valence-corrected chi connectivity index (χ0v) is 25.7. The van der Waals surface area contributed by atoms with Gasteiger partial charge in [0.1, 0.15) is 15.5 Å². The van der Waals surface area contributed by atoms with Crippen molar-refractivity contribution in [1.82, 2.24) is 20.1 Å². The molecule has 2 amide bonds. The number of carbonyl (C=O) groups is 2. The fourth-order valence-electron chi connectivity index (χ4n) is 5.41. The molecule has 0 bridgehead atoms. The summed E-state index contributed by atoms with van der Waals surface area (Å²) in [6.45, 7) is 6.83. The summed E-state index contributed by atoms with van der Waals surface area (Å²) in [7, 11) is 1.22. The number of halogens is 4. The second-order valence-corrected chi connectivity index (χ2v) is 13.3. The van der Waals surface area contributed by atoms with Crippen LogP contribution < -0.4 is 16.4 Å². The van der Waals surface area contributed by atoms with Crippen molar-refractivity contribution in [1.29, 1.82) is 0 Å². The number of nitrogens with zero attached hydrogens (tertiary/aromatic N) is 3. The van der Waals surface area contributed by atoms with E-state index in [0.717, 1.165) is 39.9 Å². The molecule has 0 unspecified atom stereocenters. The van der Waals surface area contributed by atoms with Gasteiger partial charge in [-0.15, -0.1) is 11.3 Å². The minimum atomic E-state index is -4.87. The van der Waals surface area contributed by atoms with Gasteiger partial charge in [-0.05, 0) is 66.0 Å². The van der Waals surface area contributed by atoms with Gasteiger partial charge in [0.05, 0.1) is 10.9 Å². The first kappa shape index (κ1) is 31.0. The molecule has 2 atom stereocenters. The Morgan fingerprint density at radius 2 is 1.93 bits per heavy atom. The quantitative estimate of drug-likeness (QED) is 0.223. The molecule has 1 aliphatic carbocycles. The highest BCUT2D eigenvalue weighted by Gasteiger charge is 2.41. The van der Waals surface area contributed by atoms with E-state index in [4.69, 9.17) is 22.3 Å². The number of fused-ring (bicyclic) bond motifs is 2. The van der Waals surface area contributed by atoms with E-state index in [2.05, 4.69) is 42.6 Å². The molecule has 0 aliphatic heterocycles. The van der Waals surface area contributed by atoms with Crippen LogP contribution >= 0.6 is 22.9 Å². The number of alkyl halides is 3. The lowest BCUT2D eigenvalue weighted by atomic mass is 9.71. The molecule has 5 rings (SSSR count). The molecule has 43 heavy (non-hydrogen) atoms. The van der Waals surface area contributed by atoms with Crippen LogP contribution in [0.3, 0.4) is 0 Å². The van der Waals surface area contributed by atoms with Crippen LogP contribution in [0.2, 0.25) is 5.15 Å². The Hall–Kier alpha value is -3.48. The van der Waals surface area contributed by atoms with Gasteiger partial charge >= 0.3 is 6.18 Å². The lowest BCUT2D eigenvalue weighted by Crippen LogP contribution is -2.33. The van der Waals surface area contributed by atoms with Crippen LogP contribution in [0.4, 0.5) is 18.9 Å². The number of benzene rings is 1. The molecule has 0 saturated carbocycles. The fraction of sp³-hybridized carbons (Fsp3) is 0.400. The number of aromatic nitrogens is 3. The molecule has 13 heteroatoms. The van der Waals surface area contributed by atoms with Crippen LogP contribution in [0.1, 0.15) is 75.8 Å². The van der Waals surface area contributed by atoms with E-state index in [1.807, 2.05) is 6.07 Å². The summed E-state index contributed by atoms with van der Waals surface area (Å²) in [5.41, 5.74) is 7.14. The van der Waals surface area contributed by atoms with Crippen LogP contribution in [0, 0.1) is 11.3 Å². The molecule has 3 heterocycles. The number of amides is 2. The first-order valence-corrected chi connectivity index (χ1v) is 15.0. The average molecular weight is 633 g/mol. The number of nitrogens with one attached hydrogen (secondary N) is 2. The third-order valence-corrected chi connectivity index (χ3v) is 9.36. The zero-order valence-electron chi connectivity index (χ0n) is 24.1. The predicted molar refractivity (Wildman–Crippen MR) is 161 cm³/mol. The minimum absolute atomic E-state index is 0.0431. The van der Waals surface area contributed by atoms with Gasteiger partial charge in [-0.2, -0.15) is 18.3 Å². The Morgan fingerprint density at radius 3 is 2.60 bits per heavy atom. The van der Waals surface area contributed by atoms with Gasteiger partial charge < -0.3 is 16.4 Å². The number of anilines is 1. The number of hydrogen-bond acceptors (Lipinski definition) is 6. The SMILES string of the molecule is Cn1nc(C(F)(F)F)c(C(=O)Nc2cccc([C@@H](CN)NC(=O)c3cc4cc5c(nc4s3)CC[C@@H](C(C)(C)C)C5)c2)c1Cl. The van der Waals surface area contributed by atoms with Crippen molar-refractivity contribution in [2.75, 3.05) is 11.9 Å². The second kappa shape index (κ2) is 11.5. The normalized spacial score (nSPS) is 16.2. The van der Waals surface area contributed by atoms with E-state index in [1.54, 1.807) is 18.2 Å². The largest absolute Gasteiger partial charge is 0.436 e. The Balaban J connectivity index is 1.33. The summed E-state index contributed by atoms with van der Waals surface area (Å²) in [5, 5.41) is 9.21. The molecule has 0 saturated heterocycles. The standard InChI is InChI=1S/C30H32ClF3N6O2S/c1-29(2,3)18-8-9-20-16(11-18)10-17-13-22(43-28(17)38-20)26(41)37-21(14-35)15-6-5-7-19(12-15)36-27(42)23-24(30(32,33)34)39-40(4)25(23)31/h5-7,10,12-13,18,21H,8-9,11,14,35H2,1-4H3,(H,36,42)(H,37,41)/t18-,21-/m1/s1. The Morgan fingerprint density at radius 1 is 1.19 bits per heavy atom. The first-order valence-electron chi connectivity index (χ1n) is 13.8. The summed E-state index contributed by atoms with van der Waals surface area (Å²) in [6, 6.07) is 9.72. The van der Waals surface area contributed by atoms with E-state index in [-0.39, 0.29) is 23.6 Å². The number of thiophene rings is 1. The van der Waals surface area contributed by atoms with E-state index in [0.29, 0.717) is 16.4 Å². The molecule has 1 aromatic carbocycles. The van der Waals surface area contributed by atoms with Crippen molar-refractivity contribution in [3.63, 3.8) is 0 Å². The van der Waals surface area contributed by atoms with E-state index >= 15 is 0 Å². The smallest absolute Gasteiger partial charge is 0.343 e. The topological polar surface area (TPSA) is 115 Å². The summed E-state index contributed by atoms with van der Waals surface area (Å²) < 4.78 is 41.1. The molecule has 0 radical (unpaired) electrons. The van der Waals surface area contributed by atoms with Crippen LogP contribution in [0.15, 0.2) is 36.4 Å². The maximum absolute atomic E-state index is 13.5. The zero-order chi connectivity index (χ0) is 31.3. The van der Waals surface area contributed by atoms with Gasteiger partial charge in [0.2, 0.25) is 0 Å². The highest BCUT2D eigenvalue weighted by Crippen LogP contribution is 2.39. The van der Waals surface area contributed by atoms with Crippen molar-refractivity contribution in [2.45, 2.75) is 52.3 Å². The average Bonchev–Trinajstić information content (AvgIpc) is 3.49. The number of aryl methyl sites for hydroxylation is 2. The molecule has 3 aromatic heterocycles. The van der Waals surface area contributed by atoms with Crippen molar-refractivity contribution < 1.29 is 22.8 Å². The summed E-state index contributed by atoms with van der Waals surface area (Å²) in [5.74, 6) is -0.819. The lowest BCUT2D eigenvalue weighted by molar-refractivity contribution is -0.141. The summed E-state index contributed by atoms with van der Waals surface area (Å²) in [4.78, 5) is 32.3. The van der Waals surface area contributed by atoms with Crippen molar-refractivity contribution in [3.05, 3.63) is 74.5 Å². The Bertz CT molecular complexity index is 1710. The molecule has 4 aromatic rings. The molecular formula is C30H32ClF3N6O2S. The molecule has 0 spiro atoms. The number of pyridine rings is 1. The molecule has 4 N–H and O–H groups in total. The summed E-state index contributed by atoms with van der Waals surface area (Å²) >= 11 is 7.28. The molecule has 0 fully saturated rings. The van der Waals surface area contributed by atoms with Crippen LogP contribution in [-0.2, 0) is 26.1 Å². The predicted octanol–water partition coefficient (Wildman–Crippen LogP) is 6.54. The van der Waals surface area contributed by atoms with Gasteiger partial charge in [-0.3, -0.25) is 14.3 Å². The third kappa shape index (κ3) is 6.41. The van der Waals surface area contributed by atoms with Crippen LogP contribution in [0.25, 0.3) is 10.2 Å². The maximum atomic E-state index is 13.5. The maximum Gasteiger partial charge on any atom is 0.436 e. The van der Waals surface area contributed by atoms with Gasteiger partial charge in [0.15, 0.2) is 5.69 Å². The monoisotopic (exact) mass is 632 g/mol. The Kier molecular flexibility index (Phi) is 8.32. The fourth-order valence-corrected chi connectivity index (χ4v) is 6.56. The van der Waals surface area contributed by atoms with Gasteiger partial charge in [-0.25, -0.2) is 4.98 Å². The number of nitrogens with two attached hydrogens (primary N) is 1. The minimum Gasteiger partial charge on any atom is -0.343 e. The lowest BCUT2D eigenvalue weighted by Gasteiger charge is -2.34. The second-order valence-electron chi connectivity index (χ2n) is 11.9. The Labute approximate surface area is 255 Å². The van der Waals surface area contributed by atoms with E-state index < -0.39 is 34.5 Å². The van der Waals surface area contributed by atoms with Gasteiger partial charge in [-0.1, -0.05) is 44.5 Å². The molecular weight excluding hydrogens is 601 g/mol. The summed E-state index contributed by atoms with van der Waals surface area (Å²) in [6.07, 6.45) is -1.90.